The molecule has 36 heavy (non-hydrogen) atoms. The van der Waals surface area contributed by atoms with Crippen LogP contribution in [-0.2, 0) is 26.3 Å². The van der Waals surface area contributed by atoms with Gasteiger partial charge in [0, 0.05) is 18.4 Å². The van der Waals surface area contributed by atoms with Gasteiger partial charge in [0.15, 0.2) is 0 Å². The van der Waals surface area contributed by atoms with Gasteiger partial charge in [-0.05, 0) is 42.2 Å². The molecule has 1 atom stereocenters. The maximum atomic E-state index is 14.2. The van der Waals surface area contributed by atoms with Gasteiger partial charge >= 0.3 is 6.09 Å². The van der Waals surface area contributed by atoms with Crippen molar-refractivity contribution in [2.75, 3.05) is 26.8 Å². The van der Waals surface area contributed by atoms with E-state index in [-0.39, 0.29) is 12.3 Å². The largest absolute Gasteiger partial charge is 0.497 e. The standard InChI is InChI=1S/C29H40N2O5/c1-7-8-17-35-28(24-12-10-9-11-21(24)2)19-31(20-28)25(32)29(27(3,4)5,36-26(30)33)18-22-13-15-23(34-6)16-14-22/h9-16H,7-8,17-20H2,1-6H3,(H2,30,33)/t29-/m0/s1. The lowest BCUT2D eigenvalue weighted by atomic mass is 9.70. The third-order valence-corrected chi connectivity index (χ3v) is 7.14. The third kappa shape index (κ3) is 5.51. The van der Waals surface area contributed by atoms with Crippen LogP contribution in [-0.4, -0.2) is 49.3 Å². The molecule has 2 aromatic rings. The first-order valence-corrected chi connectivity index (χ1v) is 12.6. The molecule has 0 aliphatic carbocycles. The lowest BCUT2D eigenvalue weighted by Crippen LogP contribution is -2.70. The third-order valence-electron chi connectivity index (χ3n) is 7.14. The molecule has 0 radical (unpaired) electrons. The Balaban J connectivity index is 1.95. The van der Waals surface area contributed by atoms with E-state index in [1.165, 1.54) is 0 Å². The minimum Gasteiger partial charge on any atom is -0.497 e. The molecule has 2 aromatic carbocycles. The van der Waals surface area contributed by atoms with Crippen LogP contribution < -0.4 is 10.5 Å². The lowest BCUT2D eigenvalue weighted by Gasteiger charge is -2.54. The van der Waals surface area contributed by atoms with Crippen molar-refractivity contribution in [2.24, 2.45) is 11.1 Å². The summed E-state index contributed by atoms with van der Waals surface area (Å²) >= 11 is 0. The zero-order valence-corrected chi connectivity index (χ0v) is 22.4. The van der Waals surface area contributed by atoms with Gasteiger partial charge in [-0.2, -0.15) is 0 Å². The predicted octanol–water partition coefficient (Wildman–Crippen LogP) is 4.98. The Morgan fingerprint density at radius 2 is 1.69 bits per heavy atom. The molecule has 2 amide bonds. The number of primary amides is 1. The number of benzene rings is 2. The van der Waals surface area contributed by atoms with Gasteiger partial charge < -0.3 is 24.8 Å². The Labute approximate surface area is 214 Å². The number of methoxy groups -OCH3 is 1. The van der Waals surface area contributed by atoms with Crippen molar-refractivity contribution in [1.29, 1.82) is 0 Å². The zero-order valence-electron chi connectivity index (χ0n) is 22.4. The lowest BCUT2D eigenvalue weighted by molar-refractivity contribution is -0.196. The van der Waals surface area contributed by atoms with Gasteiger partial charge in [0.1, 0.15) is 11.4 Å². The highest BCUT2D eigenvalue weighted by Gasteiger charge is 2.58. The quantitative estimate of drug-likeness (QED) is 0.469. The van der Waals surface area contributed by atoms with Crippen LogP contribution in [0.4, 0.5) is 4.79 Å². The first kappa shape index (κ1) is 27.5. The first-order valence-electron chi connectivity index (χ1n) is 12.6. The molecule has 0 unspecified atom stereocenters. The van der Waals surface area contributed by atoms with Crippen LogP contribution in [0.15, 0.2) is 48.5 Å². The summed E-state index contributed by atoms with van der Waals surface area (Å²) in [6.45, 7) is 11.2. The van der Waals surface area contributed by atoms with E-state index >= 15 is 0 Å². The van der Waals surface area contributed by atoms with E-state index in [0.717, 1.165) is 29.5 Å². The number of nitrogens with two attached hydrogens (primary N) is 1. The highest BCUT2D eigenvalue weighted by molar-refractivity contribution is 5.90. The molecule has 0 spiro atoms. The van der Waals surface area contributed by atoms with Crippen LogP contribution in [0.2, 0.25) is 0 Å². The van der Waals surface area contributed by atoms with Crippen LogP contribution in [0.3, 0.4) is 0 Å². The molecule has 7 nitrogen and oxygen atoms in total. The summed E-state index contributed by atoms with van der Waals surface area (Å²) < 4.78 is 17.5. The van der Waals surface area contributed by atoms with Crippen LogP contribution >= 0.6 is 0 Å². The molecule has 1 fully saturated rings. The molecule has 0 aromatic heterocycles. The summed E-state index contributed by atoms with van der Waals surface area (Å²) in [6, 6.07) is 15.5. The van der Waals surface area contributed by atoms with Crippen LogP contribution in [0.5, 0.6) is 5.75 Å². The zero-order chi connectivity index (χ0) is 26.6. The highest BCUT2D eigenvalue weighted by atomic mass is 16.6. The summed E-state index contributed by atoms with van der Waals surface area (Å²) in [5.41, 5.74) is 5.76. The molecule has 0 bridgehead atoms. The smallest absolute Gasteiger partial charge is 0.405 e. The van der Waals surface area contributed by atoms with Gasteiger partial charge in [-0.25, -0.2) is 4.79 Å². The molecule has 196 valence electrons. The molecule has 3 rings (SSSR count). The van der Waals surface area contributed by atoms with Crippen molar-refractivity contribution in [2.45, 2.75) is 65.1 Å². The van der Waals surface area contributed by atoms with E-state index in [1.54, 1.807) is 12.0 Å². The molecule has 0 saturated carbocycles. The second-order valence-corrected chi connectivity index (χ2v) is 10.7. The van der Waals surface area contributed by atoms with E-state index in [2.05, 4.69) is 26.0 Å². The molecule has 1 aliphatic heterocycles. The van der Waals surface area contributed by atoms with Gasteiger partial charge in [-0.15, -0.1) is 0 Å². The van der Waals surface area contributed by atoms with Crippen molar-refractivity contribution >= 4 is 12.0 Å². The van der Waals surface area contributed by atoms with Gasteiger partial charge in [0.2, 0.25) is 5.60 Å². The Hall–Kier alpha value is -3.06. The normalized spacial score (nSPS) is 16.6. The summed E-state index contributed by atoms with van der Waals surface area (Å²) in [5.74, 6) is 0.435. The molecule has 2 N–H and O–H groups in total. The van der Waals surface area contributed by atoms with Crippen molar-refractivity contribution in [1.82, 2.24) is 4.90 Å². The Kier molecular flexibility index (Phi) is 8.34. The number of hydrogen-bond donors (Lipinski definition) is 1. The monoisotopic (exact) mass is 496 g/mol. The van der Waals surface area contributed by atoms with Gasteiger partial charge in [0.25, 0.3) is 5.91 Å². The van der Waals surface area contributed by atoms with E-state index in [9.17, 15) is 9.59 Å². The minimum absolute atomic E-state index is 0.187. The van der Waals surface area contributed by atoms with Crippen LogP contribution in [0.25, 0.3) is 0 Å². The van der Waals surface area contributed by atoms with E-state index < -0.39 is 22.7 Å². The Morgan fingerprint density at radius 1 is 1.06 bits per heavy atom. The predicted molar refractivity (Wildman–Crippen MR) is 140 cm³/mol. The number of ether oxygens (including phenoxy) is 3. The molecular formula is C29H40N2O5. The van der Waals surface area contributed by atoms with E-state index in [1.807, 2.05) is 57.2 Å². The second kappa shape index (κ2) is 10.9. The van der Waals surface area contributed by atoms with Gasteiger partial charge in [-0.1, -0.05) is 70.5 Å². The summed E-state index contributed by atoms with van der Waals surface area (Å²) in [5, 5.41) is 0. The molecule has 1 aliphatic rings. The number of carbonyl (C=O) groups excluding carboxylic acids is 2. The number of likely N-dealkylation sites (tertiary alicyclic amines) is 1. The van der Waals surface area contributed by atoms with Crippen LogP contribution in [0, 0.1) is 12.3 Å². The number of hydrogen-bond acceptors (Lipinski definition) is 5. The summed E-state index contributed by atoms with van der Waals surface area (Å²) in [6.07, 6.45) is 1.17. The fraction of sp³-hybridized carbons (Fsp3) is 0.517. The second-order valence-electron chi connectivity index (χ2n) is 10.7. The fourth-order valence-corrected chi connectivity index (χ4v) is 4.90. The van der Waals surface area contributed by atoms with Gasteiger partial charge in [-0.3, -0.25) is 4.79 Å². The topological polar surface area (TPSA) is 91.1 Å². The highest BCUT2D eigenvalue weighted by Crippen LogP contribution is 2.44. The van der Waals surface area contributed by atoms with Crippen molar-refractivity contribution in [3.8, 4) is 5.75 Å². The van der Waals surface area contributed by atoms with Crippen molar-refractivity contribution in [3.63, 3.8) is 0 Å². The summed E-state index contributed by atoms with van der Waals surface area (Å²) in [7, 11) is 1.60. The average Bonchev–Trinajstić information content (AvgIpc) is 2.80. The SMILES string of the molecule is CCCCOC1(c2ccccc2C)CN(C(=O)[C@](Cc2ccc(OC)cc2)(OC(N)=O)C(C)(C)C)C1. The maximum absolute atomic E-state index is 14.2. The molecule has 1 saturated heterocycles. The molecular weight excluding hydrogens is 456 g/mol. The minimum atomic E-state index is -1.49. The van der Waals surface area contributed by atoms with E-state index in [0.29, 0.717) is 25.4 Å². The first-order chi connectivity index (χ1) is 17.0. The number of carbonyl (C=O) groups is 2. The van der Waals surface area contributed by atoms with E-state index in [4.69, 9.17) is 19.9 Å². The van der Waals surface area contributed by atoms with Crippen LogP contribution in [0.1, 0.15) is 57.2 Å². The molecule has 7 heteroatoms. The van der Waals surface area contributed by atoms with Crippen molar-refractivity contribution in [3.05, 3.63) is 65.2 Å². The summed E-state index contributed by atoms with van der Waals surface area (Å²) in [4.78, 5) is 28.1. The number of aryl methyl sites for hydroxylation is 1. The van der Waals surface area contributed by atoms with Gasteiger partial charge in [0.05, 0.1) is 20.2 Å². The maximum Gasteiger partial charge on any atom is 0.405 e. The average molecular weight is 497 g/mol. The number of nitrogens with zero attached hydrogens (tertiary/aromatic N) is 1. The van der Waals surface area contributed by atoms with Crippen molar-refractivity contribution < 1.29 is 23.8 Å². The number of rotatable bonds is 10. The molecule has 1 heterocycles. The Bertz CT molecular complexity index is 1050. The number of unbranched alkanes of at least 4 members (excludes halogenated alkanes) is 1. The number of amides is 2. The Morgan fingerprint density at radius 3 is 2.22 bits per heavy atom. The fourth-order valence-electron chi connectivity index (χ4n) is 4.90.